The van der Waals surface area contributed by atoms with Crippen LogP contribution < -0.4 is 0 Å². The molecule has 0 aliphatic carbocycles. The van der Waals surface area contributed by atoms with E-state index in [1.54, 1.807) is 0 Å². The topological polar surface area (TPSA) is 78.9 Å². The average molecular weight is 1040 g/mol. The van der Waals surface area contributed by atoms with Crippen molar-refractivity contribution in [3.05, 3.63) is 24.3 Å². The highest BCUT2D eigenvalue weighted by Crippen LogP contribution is 2.18. The summed E-state index contributed by atoms with van der Waals surface area (Å²) in [4.78, 5) is 38.2. The molecule has 0 saturated heterocycles. The van der Waals surface area contributed by atoms with E-state index >= 15 is 0 Å². The first-order chi connectivity index (χ1) is 36.5. The van der Waals surface area contributed by atoms with Gasteiger partial charge in [-0.2, -0.15) is 0 Å². The molecule has 0 N–H and O–H groups in total. The first-order valence-corrected chi connectivity index (χ1v) is 33.3. The molecule has 74 heavy (non-hydrogen) atoms. The Balaban J connectivity index is 4.12. The molecule has 1 unspecified atom stereocenters. The summed E-state index contributed by atoms with van der Waals surface area (Å²) in [5, 5.41) is 0. The Kier molecular flexibility index (Phi) is 61.6. The van der Waals surface area contributed by atoms with Gasteiger partial charge in [0.2, 0.25) is 0 Å². The molecule has 0 bridgehead atoms. The van der Waals surface area contributed by atoms with E-state index in [0.717, 1.165) is 70.6 Å². The van der Waals surface area contributed by atoms with Crippen molar-refractivity contribution in [3.63, 3.8) is 0 Å². The molecule has 0 spiro atoms. The molecule has 0 amide bonds. The molecule has 0 aliphatic heterocycles. The molecule has 0 aromatic heterocycles. The molecule has 1 atom stereocenters. The van der Waals surface area contributed by atoms with Crippen LogP contribution in [0, 0.1) is 0 Å². The Labute approximate surface area is 462 Å². The van der Waals surface area contributed by atoms with Crippen molar-refractivity contribution >= 4 is 17.9 Å². The molecule has 0 heterocycles. The van der Waals surface area contributed by atoms with Gasteiger partial charge in [-0.3, -0.25) is 14.4 Å². The lowest BCUT2D eigenvalue weighted by molar-refractivity contribution is -0.167. The molecule has 0 fully saturated rings. The molecule has 0 aromatic carbocycles. The van der Waals surface area contributed by atoms with Gasteiger partial charge in [0.25, 0.3) is 0 Å². The minimum absolute atomic E-state index is 0.0726. The van der Waals surface area contributed by atoms with Crippen molar-refractivity contribution < 1.29 is 28.6 Å². The van der Waals surface area contributed by atoms with Crippen LogP contribution in [-0.2, 0) is 28.6 Å². The molecule has 0 aromatic rings. The lowest BCUT2D eigenvalue weighted by Crippen LogP contribution is -2.30. The highest BCUT2D eigenvalue weighted by atomic mass is 16.6. The number of hydrogen-bond acceptors (Lipinski definition) is 6. The largest absolute Gasteiger partial charge is 0.462 e. The second-order valence-electron chi connectivity index (χ2n) is 22.7. The molecular formula is C68H128O6. The number of hydrogen-bond donors (Lipinski definition) is 0. The Morgan fingerprint density at radius 3 is 0.689 bits per heavy atom. The summed E-state index contributed by atoms with van der Waals surface area (Å²) in [5.41, 5.74) is 0. The van der Waals surface area contributed by atoms with Crippen molar-refractivity contribution in [2.75, 3.05) is 13.2 Å². The minimum Gasteiger partial charge on any atom is -0.462 e. The van der Waals surface area contributed by atoms with Gasteiger partial charge in [0.05, 0.1) is 0 Å². The lowest BCUT2D eigenvalue weighted by atomic mass is 10.0. The first-order valence-electron chi connectivity index (χ1n) is 33.3. The normalized spacial score (nSPS) is 12.1. The van der Waals surface area contributed by atoms with Gasteiger partial charge in [0.15, 0.2) is 6.10 Å². The van der Waals surface area contributed by atoms with Crippen LogP contribution in [0.15, 0.2) is 24.3 Å². The predicted molar refractivity (Wildman–Crippen MR) is 321 cm³/mol. The van der Waals surface area contributed by atoms with E-state index in [0.29, 0.717) is 19.3 Å². The highest BCUT2D eigenvalue weighted by Gasteiger charge is 2.19. The fourth-order valence-electron chi connectivity index (χ4n) is 10.1. The third-order valence-corrected chi connectivity index (χ3v) is 15.2. The summed E-state index contributed by atoms with van der Waals surface area (Å²) in [6.07, 6.45) is 76.4. The molecule has 6 nitrogen and oxygen atoms in total. The van der Waals surface area contributed by atoms with Crippen molar-refractivity contribution in [3.8, 4) is 0 Å². The zero-order chi connectivity index (χ0) is 53.6. The summed E-state index contributed by atoms with van der Waals surface area (Å²) in [5.74, 6) is -0.867. The molecular weight excluding hydrogens is 913 g/mol. The quantitative estimate of drug-likeness (QED) is 0.0261. The van der Waals surface area contributed by atoms with Gasteiger partial charge in [0, 0.05) is 19.3 Å². The summed E-state index contributed by atoms with van der Waals surface area (Å²) in [6.45, 7) is 6.66. The van der Waals surface area contributed by atoms with E-state index < -0.39 is 6.10 Å². The maximum absolute atomic E-state index is 12.9. The second kappa shape index (κ2) is 63.4. The van der Waals surface area contributed by atoms with Crippen LogP contribution in [0.25, 0.3) is 0 Å². The number of ether oxygens (including phenoxy) is 3. The van der Waals surface area contributed by atoms with Crippen molar-refractivity contribution in [2.45, 2.75) is 380 Å². The smallest absolute Gasteiger partial charge is 0.306 e. The molecule has 0 saturated carbocycles. The van der Waals surface area contributed by atoms with E-state index in [1.165, 1.54) is 263 Å². The van der Waals surface area contributed by atoms with E-state index in [-0.39, 0.29) is 31.1 Å². The minimum atomic E-state index is -0.776. The zero-order valence-electron chi connectivity index (χ0n) is 50.1. The summed E-state index contributed by atoms with van der Waals surface area (Å²) >= 11 is 0. The van der Waals surface area contributed by atoms with Crippen LogP contribution in [-0.4, -0.2) is 37.2 Å². The third kappa shape index (κ3) is 60.8. The van der Waals surface area contributed by atoms with Crippen LogP contribution in [0.1, 0.15) is 374 Å². The molecule has 0 rings (SSSR count). The van der Waals surface area contributed by atoms with Crippen LogP contribution in [0.3, 0.4) is 0 Å². The van der Waals surface area contributed by atoms with Crippen LogP contribution in [0.4, 0.5) is 0 Å². The average Bonchev–Trinajstić information content (AvgIpc) is 3.40. The highest BCUT2D eigenvalue weighted by molar-refractivity contribution is 5.71. The number of rotatable bonds is 62. The van der Waals surface area contributed by atoms with Gasteiger partial charge >= 0.3 is 17.9 Å². The molecule has 436 valence electrons. The Hall–Kier alpha value is -2.11. The number of carbonyl (C=O) groups is 3. The number of unbranched alkanes of at least 4 members (excludes halogenated alkanes) is 47. The van der Waals surface area contributed by atoms with E-state index in [2.05, 4.69) is 45.1 Å². The zero-order valence-corrected chi connectivity index (χ0v) is 50.1. The fraction of sp³-hybridized carbons (Fsp3) is 0.897. The maximum atomic E-state index is 12.9. The van der Waals surface area contributed by atoms with Crippen LogP contribution >= 0.6 is 0 Å². The Morgan fingerprint density at radius 2 is 0.446 bits per heavy atom. The third-order valence-electron chi connectivity index (χ3n) is 15.2. The summed E-state index contributed by atoms with van der Waals surface area (Å²) in [7, 11) is 0. The lowest BCUT2D eigenvalue weighted by Gasteiger charge is -2.18. The molecule has 0 radical (unpaired) electrons. The van der Waals surface area contributed by atoms with Crippen LogP contribution in [0.2, 0.25) is 0 Å². The van der Waals surface area contributed by atoms with Gasteiger partial charge in [-0.1, -0.05) is 308 Å². The van der Waals surface area contributed by atoms with E-state index in [4.69, 9.17) is 14.2 Å². The van der Waals surface area contributed by atoms with E-state index in [1.807, 2.05) is 0 Å². The SMILES string of the molecule is CCCCCC/C=C\CCCCCCCC(=O)OCC(COC(=O)CCCCCCCCCCCCCCCCCCCCCCCCCCCCCCC)OC(=O)CCCCCCC/C=C\CCCCCCC. The second-order valence-corrected chi connectivity index (χ2v) is 22.7. The predicted octanol–water partition coefficient (Wildman–Crippen LogP) is 22.6. The summed E-state index contributed by atoms with van der Waals surface area (Å²) < 4.78 is 16.9. The van der Waals surface area contributed by atoms with Crippen molar-refractivity contribution in [1.82, 2.24) is 0 Å². The first kappa shape index (κ1) is 71.9. The number of carbonyl (C=O) groups excluding carboxylic acids is 3. The van der Waals surface area contributed by atoms with Crippen molar-refractivity contribution in [1.29, 1.82) is 0 Å². The molecule has 0 aliphatic rings. The van der Waals surface area contributed by atoms with Gasteiger partial charge in [-0.15, -0.1) is 0 Å². The van der Waals surface area contributed by atoms with Gasteiger partial charge < -0.3 is 14.2 Å². The Morgan fingerprint density at radius 1 is 0.257 bits per heavy atom. The standard InChI is InChI=1S/C68H128O6/c1-4-7-10-13-16-19-22-25-27-28-29-30-31-32-33-34-35-36-37-38-39-40-41-44-46-49-52-55-58-61-67(70)73-64-65(63-72-66(69)60-57-54-51-48-45-42-24-21-18-15-12-9-6-3)74-68(71)62-59-56-53-50-47-43-26-23-20-17-14-11-8-5-2/h21,23-24,26,65H,4-20,22,25,27-64H2,1-3H3/b24-21-,26-23-. The van der Waals surface area contributed by atoms with Crippen molar-refractivity contribution in [2.24, 2.45) is 0 Å². The Bertz CT molecular complexity index is 1190. The van der Waals surface area contributed by atoms with Crippen LogP contribution in [0.5, 0.6) is 0 Å². The number of allylic oxidation sites excluding steroid dienone is 4. The van der Waals surface area contributed by atoms with Gasteiger partial charge in [-0.05, 0) is 70.6 Å². The molecule has 6 heteroatoms. The number of esters is 3. The maximum Gasteiger partial charge on any atom is 0.306 e. The van der Waals surface area contributed by atoms with Gasteiger partial charge in [-0.25, -0.2) is 0 Å². The van der Waals surface area contributed by atoms with E-state index in [9.17, 15) is 14.4 Å². The fourth-order valence-corrected chi connectivity index (χ4v) is 10.1. The monoisotopic (exact) mass is 1040 g/mol. The van der Waals surface area contributed by atoms with Gasteiger partial charge in [0.1, 0.15) is 13.2 Å². The summed E-state index contributed by atoms with van der Waals surface area (Å²) in [6, 6.07) is 0.